The molecule has 20 heavy (non-hydrogen) atoms. The van der Waals surface area contributed by atoms with E-state index in [1.165, 1.54) is 16.7 Å². The minimum absolute atomic E-state index is 0.272. The van der Waals surface area contributed by atoms with Crippen LogP contribution in [0.3, 0.4) is 0 Å². The number of ether oxygens (including phenoxy) is 1. The van der Waals surface area contributed by atoms with Gasteiger partial charge in [-0.1, -0.05) is 32.0 Å². The predicted octanol–water partition coefficient (Wildman–Crippen LogP) is 2.91. The summed E-state index contributed by atoms with van der Waals surface area (Å²) in [6, 6.07) is 6.74. The van der Waals surface area contributed by atoms with E-state index >= 15 is 0 Å². The largest absolute Gasteiger partial charge is 0.383 e. The minimum Gasteiger partial charge on any atom is -0.383 e. The quantitative estimate of drug-likeness (QED) is 0.794. The molecule has 0 saturated carbocycles. The number of benzene rings is 1. The third-order valence-electron chi connectivity index (χ3n) is 3.72. The Kier molecular flexibility index (Phi) is 7.20. The van der Waals surface area contributed by atoms with Crippen LogP contribution in [0.1, 0.15) is 36.6 Å². The molecular weight excluding hydrogens is 248 g/mol. The highest BCUT2D eigenvalue weighted by atomic mass is 16.5. The van der Waals surface area contributed by atoms with Crippen molar-refractivity contribution in [2.45, 2.75) is 33.7 Å². The molecule has 0 aliphatic heterocycles. The molecule has 0 aliphatic carbocycles. The maximum atomic E-state index is 6.11. The Morgan fingerprint density at radius 3 is 2.25 bits per heavy atom. The monoisotopic (exact) mass is 278 g/mol. The van der Waals surface area contributed by atoms with E-state index in [1.54, 1.807) is 7.11 Å². The first-order valence-corrected chi connectivity index (χ1v) is 7.50. The van der Waals surface area contributed by atoms with Crippen LogP contribution in [0.2, 0.25) is 0 Å². The highest BCUT2D eigenvalue weighted by Gasteiger charge is 2.22. The van der Waals surface area contributed by atoms with E-state index in [4.69, 9.17) is 10.5 Å². The van der Waals surface area contributed by atoms with Crippen molar-refractivity contribution >= 4 is 0 Å². The second kappa shape index (κ2) is 8.40. The van der Waals surface area contributed by atoms with Crippen molar-refractivity contribution in [3.8, 4) is 0 Å². The summed E-state index contributed by atoms with van der Waals surface area (Å²) in [5.74, 6) is 0.616. The average Bonchev–Trinajstić information content (AvgIpc) is 2.39. The van der Waals surface area contributed by atoms with Crippen molar-refractivity contribution in [3.63, 3.8) is 0 Å². The van der Waals surface area contributed by atoms with Gasteiger partial charge in [-0.25, -0.2) is 0 Å². The molecule has 0 aromatic heterocycles. The van der Waals surface area contributed by atoms with Gasteiger partial charge in [0.05, 0.1) is 6.61 Å². The highest BCUT2D eigenvalue weighted by molar-refractivity contribution is 5.36. The van der Waals surface area contributed by atoms with Crippen LogP contribution in [0.5, 0.6) is 0 Å². The van der Waals surface area contributed by atoms with Gasteiger partial charge in [0.15, 0.2) is 0 Å². The molecule has 1 aromatic rings. The number of nitrogens with two attached hydrogens (primary N) is 1. The van der Waals surface area contributed by atoms with Crippen LogP contribution >= 0.6 is 0 Å². The van der Waals surface area contributed by atoms with Gasteiger partial charge >= 0.3 is 0 Å². The molecule has 0 spiro atoms. The van der Waals surface area contributed by atoms with E-state index < -0.39 is 0 Å². The molecule has 1 unspecified atom stereocenters. The first-order valence-electron chi connectivity index (χ1n) is 7.50. The first-order chi connectivity index (χ1) is 9.51. The maximum Gasteiger partial charge on any atom is 0.0589 e. The van der Waals surface area contributed by atoms with Gasteiger partial charge in [-0.2, -0.15) is 0 Å². The molecule has 0 aliphatic rings. The predicted molar refractivity (Wildman–Crippen MR) is 86.0 cm³/mol. The van der Waals surface area contributed by atoms with Crippen LogP contribution < -0.4 is 5.73 Å². The fourth-order valence-corrected chi connectivity index (χ4v) is 2.85. The molecule has 114 valence electrons. The number of aryl methyl sites for hydroxylation is 2. The fraction of sp³-hybridized carbons (Fsp3) is 0.647. The zero-order chi connectivity index (χ0) is 15.1. The van der Waals surface area contributed by atoms with Crippen LogP contribution in [-0.4, -0.2) is 38.3 Å². The van der Waals surface area contributed by atoms with Gasteiger partial charge in [0.1, 0.15) is 0 Å². The Bertz CT molecular complexity index is 384. The van der Waals surface area contributed by atoms with Gasteiger partial charge in [0, 0.05) is 32.8 Å². The third kappa shape index (κ3) is 4.58. The number of nitrogens with zero attached hydrogens (tertiary/aromatic N) is 1. The molecule has 1 atom stereocenters. The summed E-state index contributed by atoms with van der Waals surface area (Å²) >= 11 is 0. The summed E-state index contributed by atoms with van der Waals surface area (Å²) in [6.45, 7) is 12.2. The second-order valence-electron chi connectivity index (χ2n) is 5.94. The Balaban J connectivity index is 3.05. The summed E-state index contributed by atoms with van der Waals surface area (Å²) in [5, 5.41) is 0. The van der Waals surface area contributed by atoms with Crippen molar-refractivity contribution < 1.29 is 4.74 Å². The van der Waals surface area contributed by atoms with Crippen LogP contribution in [0, 0.1) is 19.8 Å². The van der Waals surface area contributed by atoms with E-state index in [1.807, 2.05) is 0 Å². The van der Waals surface area contributed by atoms with Crippen molar-refractivity contribution in [1.82, 2.24) is 4.90 Å². The fourth-order valence-electron chi connectivity index (χ4n) is 2.85. The summed E-state index contributed by atoms with van der Waals surface area (Å²) in [7, 11) is 1.75. The van der Waals surface area contributed by atoms with Crippen molar-refractivity contribution in [3.05, 3.63) is 34.9 Å². The zero-order valence-electron chi connectivity index (χ0n) is 13.6. The molecule has 0 fully saturated rings. The van der Waals surface area contributed by atoms with Gasteiger partial charge < -0.3 is 10.5 Å². The van der Waals surface area contributed by atoms with Gasteiger partial charge in [0.25, 0.3) is 0 Å². The summed E-state index contributed by atoms with van der Waals surface area (Å²) in [5.41, 5.74) is 10.1. The van der Waals surface area contributed by atoms with Gasteiger partial charge in [0.2, 0.25) is 0 Å². The molecule has 0 amide bonds. The topological polar surface area (TPSA) is 38.5 Å². The molecule has 1 aromatic carbocycles. The molecule has 3 heteroatoms. The highest BCUT2D eigenvalue weighted by Crippen LogP contribution is 2.27. The zero-order valence-corrected chi connectivity index (χ0v) is 13.6. The van der Waals surface area contributed by atoms with E-state index in [2.05, 4.69) is 50.8 Å². The molecule has 2 N–H and O–H groups in total. The SMILES string of the molecule is COCCN(CC(C)C)C(CN)c1c(C)cccc1C. The van der Waals surface area contributed by atoms with E-state index in [-0.39, 0.29) is 6.04 Å². The summed E-state index contributed by atoms with van der Waals surface area (Å²) in [4.78, 5) is 2.46. The number of rotatable bonds is 8. The standard InChI is InChI=1S/C17H30N2O/c1-13(2)12-19(9-10-20-5)16(11-18)17-14(3)7-6-8-15(17)4/h6-8,13,16H,9-12,18H2,1-5H3. The lowest BCUT2D eigenvalue weighted by molar-refractivity contribution is 0.111. The van der Waals surface area contributed by atoms with Crippen LogP contribution in [-0.2, 0) is 4.74 Å². The minimum atomic E-state index is 0.272. The van der Waals surface area contributed by atoms with Crippen molar-refractivity contribution in [2.24, 2.45) is 11.7 Å². The third-order valence-corrected chi connectivity index (χ3v) is 3.72. The lowest BCUT2D eigenvalue weighted by Crippen LogP contribution is -2.39. The smallest absolute Gasteiger partial charge is 0.0589 e. The Morgan fingerprint density at radius 1 is 1.20 bits per heavy atom. The van der Waals surface area contributed by atoms with Gasteiger partial charge in [-0.15, -0.1) is 0 Å². The second-order valence-corrected chi connectivity index (χ2v) is 5.94. The molecule has 0 heterocycles. The molecule has 1 rings (SSSR count). The van der Waals surface area contributed by atoms with Gasteiger partial charge in [-0.05, 0) is 36.5 Å². The van der Waals surface area contributed by atoms with E-state index in [9.17, 15) is 0 Å². The Labute approximate surface area is 124 Å². The average molecular weight is 278 g/mol. The summed E-state index contributed by atoms with van der Waals surface area (Å²) < 4.78 is 5.26. The van der Waals surface area contributed by atoms with Gasteiger partial charge in [-0.3, -0.25) is 4.90 Å². The molecule has 0 bridgehead atoms. The molecule has 0 radical (unpaired) electrons. The summed E-state index contributed by atoms with van der Waals surface area (Å²) in [6.07, 6.45) is 0. The van der Waals surface area contributed by atoms with Crippen LogP contribution in [0.15, 0.2) is 18.2 Å². The van der Waals surface area contributed by atoms with Crippen molar-refractivity contribution in [1.29, 1.82) is 0 Å². The molecule has 3 nitrogen and oxygen atoms in total. The van der Waals surface area contributed by atoms with Crippen LogP contribution in [0.25, 0.3) is 0 Å². The molecule has 0 saturated heterocycles. The number of methoxy groups -OCH3 is 1. The van der Waals surface area contributed by atoms with Crippen molar-refractivity contribution in [2.75, 3.05) is 33.4 Å². The van der Waals surface area contributed by atoms with E-state index in [0.717, 1.165) is 19.7 Å². The van der Waals surface area contributed by atoms with E-state index in [0.29, 0.717) is 12.5 Å². The Morgan fingerprint density at radius 2 is 1.80 bits per heavy atom. The van der Waals surface area contributed by atoms with Crippen LogP contribution in [0.4, 0.5) is 0 Å². The number of hydrogen-bond acceptors (Lipinski definition) is 3. The lowest BCUT2D eigenvalue weighted by atomic mass is 9.94. The molecular formula is C17H30N2O. The lowest BCUT2D eigenvalue weighted by Gasteiger charge is -2.34. The number of hydrogen-bond donors (Lipinski definition) is 1. The first kappa shape index (κ1) is 17.2. The maximum absolute atomic E-state index is 6.11. The normalized spacial score (nSPS) is 13.2. The Hall–Kier alpha value is -0.900.